The summed E-state index contributed by atoms with van der Waals surface area (Å²) in [6.45, 7) is 5.28. The van der Waals surface area contributed by atoms with Crippen LogP contribution in [0, 0.1) is 0 Å². The lowest BCUT2D eigenvalue weighted by atomic mass is 10.5. The minimum absolute atomic E-state index is 0.685. The summed E-state index contributed by atoms with van der Waals surface area (Å²) in [5.74, 6) is 0. The zero-order valence-electron chi connectivity index (χ0n) is 10.00. The predicted octanol–water partition coefficient (Wildman–Crippen LogP) is 0.333. The molecule has 0 aromatic heterocycles. The fourth-order valence-electron chi connectivity index (χ4n) is 1.47. The highest BCUT2D eigenvalue weighted by atomic mass is 16.5. The topological polar surface area (TPSA) is 33.7 Å². The SMILES string of the molecule is COCCOCCNCCN(C)C1CC1. The van der Waals surface area contributed by atoms with Gasteiger partial charge in [0.25, 0.3) is 0 Å². The number of nitrogens with one attached hydrogen (secondary N) is 1. The van der Waals surface area contributed by atoms with Gasteiger partial charge in [0.2, 0.25) is 0 Å². The van der Waals surface area contributed by atoms with E-state index in [2.05, 4.69) is 17.3 Å². The highest BCUT2D eigenvalue weighted by Crippen LogP contribution is 2.24. The zero-order valence-corrected chi connectivity index (χ0v) is 10.00. The van der Waals surface area contributed by atoms with E-state index in [-0.39, 0.29) is 0 Å². The molecule has 15 heavy (non-hydrogen) atoms. The first-order valence-electron chi connectivity index (χ1n) is 5.82. The molecule has 0 amide bonds. The van der Waals surface area contributed by atoms with Crippen LogP contribution in [-0.4, -0.2) is 64.6 Å². The Labute approximate surface area is 92.9 Å². The molecule has 0 bridgehead atoms. The zero-order chi connectivity index (χ0) is 10.9. The van der Waals surface area contributed by atoms with Crippen LogP contribution in [0.25, 0.3) is 0 Å². The second kappa shape index (κ2) is 8.05. The molecule has 0 radical (unpaired) electrons. The normalized spacial score (nSPS) is 16.2. The fourth-order valence-corrected chi connectivity index (χ4v) is 1.47. The molecule has 0 heterocycles. The summed E-state index contributed by atoms with van der Waals surface area (Å²) in [6.07, 6.45) is 2.77. The molecule has 0 spiro atoms. The molecule has 0 saturated heterocycles. The third-order valence-electron chi connectivity index (χ3n) is 2.67. The lowest BCUT2D eigenvalue weighted by Crippen LogP contribution is -2.32. The summed E-state index contributed by atoms with van der Waals surface area (Å²) >= 11 is 0. The average molecular weight is 216 g/mol. The van der Waals surface area contributed by atoms with Gasteiger partial charge in [-0.3, -0.25) is 0 Å². The van der Waals surface area contributed by atoms with E-state index in [1.807, 2.05) is 0 Å². The van der Waals surface area contributed by atoms with Crippen LogP contribution in [0.4, 0.5) is 0 Å². The maximum Gasteiger partial charge on any atom is 0.0700 e. The summed E-state index contributed by atoms with van der Waals surface area (Å²) in [4.78, 5) is 2.43. The first-order valence-corrected chi connectivity index (χ1v) is 5.82. The summed E-state index contributed by atoms with van der Waals surface area (Å²) in [6, 6.07) is 0.866. The molecule has 0 aromatic rings. The molecular weight excluding hydrogens is 192 g/mol. The van der Waals surface area contributed by atoms with Crippen molar-refractivity contribution in [1.82, 2.24) is 10.2 Å². The van der Waals surface area contributed by atoms with Crippen LogP contribution < -0.4 is 5.32 Å². The highest BCUT2D eigenvalue weighted by Gasteiger charge is 2.25. The van der Waals surface area contributed by atoms with E-state index in [0.717, 1.165) is 32.3 Å². The van der Waals surface area contributed by atoms with Crippen molar-refractivity contribution in [2.45, 2.75) is 18.9 Å². The standard InChI is InChI=1S/C11H24N2O2/c1-13(11-3-4-11)7-5-12-6-8-15-10-9-14-2/h11-12H,3-10H2,1-2H3. The predicted molar refractivity (Wildman–Crippen MR) is 61.2 cm³/mol. The summed E-state index contributed by atoms with van der Waals surface area (Å²) in [7, 11) is 3.89. The van der Waals surface area contributed by atoms with Crippen molar-refractivity contribution < 1.29 is 9.47 Å². The molecule has 0 unspecified atom stereocenters. The largest absolute Gasteiger partial charge is 0.382 e. The summed E-state index contributed by atoms with van der Waals surface area (Å²) < 4.78 is 10.2. The van der Waals surface area contributed by atoms with Crippen LogP contribution in [0.1, 0.15) is 12.8 Å². The van der Waals surface area contributed by atoms with Gasteiger partial charge in [0.15, 0.2) is 0 Å². The average Bonchev–Trinajstić information content (AvgIpc) is 3.05. The second-order valence-electron chi connectivity index (χ2n) is 4.07. The Bertz CT molecular complexity index is 152. The number of nitrogens with zero attached hydrogens (tertiary/aromatic N) is 1. The molecule has 1 N–H and O–H groups in total. The molecule has 0 aromatic carbocycles. The summed E-state index contributed by atoms with van der Waals surface area (Å²) in [5.41, 5.74) is 0. The maximum atomic E-state index is 5.34. The molecule has 1 saturated carbocycles. The number of hydrogen-bond donors (Lipinski definition) is 1. The van der Waals surface area contributed by atoms with Crippen LogP contribution in [-0.2, 0) is 9.47 Å². The van der Waals surface area contributed by atoms with Gasteiger partial charge in [-0.25, -0.2) is 0 Å². The molecule has 0 atom stereocenters. The van der Waals surface area contributed by atoms with E-state index in [1.54, 1.807) is 7.11 Å². The minimum Gasteiger partial charge on any atom is -0.382 e. The lowest BCUT2D eigenvalue weighted by Gasteiger charge is -2.15. The Morgan fingerprint density at radius 3 is 2.67 bits per heavy atom. The van der Waals surface area contributed by atoms with Crippen LogP contribution in [0.15, 0.2) is 0 Å². The quantitative estimate of drug-likeness (QED) is 0.534. The van der Waals surface area contributed by atoms with Gasteiger partial charge in [-0.05, 0) is 19.9 Å². The number of ether oxygens (including phenoxy) is 2. The van der Waals surface area contributed by atoms with Gasteiger partial charge in [-0.1, -0.05) is 0 Å². The van der Waals surface area contributed by atoms with Gasteiger partial charge in [0.1, 0.15) is 0 Å². The van der Waals surface area contributed by atoms with Crippen molar-refractivity contribution in [3.63, 3.8) is 0 Å². The van der Waals surface area contributed by atoms with Crippen LogP contribution in [0.5, 0.6) is 0 Å². The van der Waals surface area contributed by atoms with Gasteiger partial charge in [0, 0.05) is 32.8 Å². The molecule has 0 aliphatic heterocycles. The van der Waals surface area contributed by atoms with E-state index in [9.17, 15) is 0 Å². The highest BCUT2D eigenvalue weighted by molar-refractivity contribution is 4.82. The van der Waals surface area contributed by atoms with Crippen molar-refractivity contribution >= 4 is 0 Å². The lowest BCUT2D eigenvalue weighted by molar-refractivity contribution is 0.0718. The van der Waals surface area contributed by atoms with E-state index < -0.39 is 0 Å². The molecule has 1 aliphatic carbocycles. The van der Waals surface area contributed by atoms with Gasteiger partial charge in [-0.15, -0.1) is 0 Å². The van der Waals surface area contributed by atoms with Gasteiger partial charge < -0.3 is 19.7 Å². The van der Waals surface area contributed by atoms with Gasteiger partial charge >= 0.3 is 0 Å². The van der Waals surface area contributed by atoms with Crippen LogP contribution in [0.3, 0.4) is 0 Å². The molecule has 1 aliphatic rings. The number of likely N-dealkylation sites (N-methyl/N-ethyl adjacent to an activating group) is 1. The Morgan fingerprint density at radius 1 is 1.20 bits per heavy atom. The third kappa shape index (κ3) is 6.84. The molecular formula is C11H24N2O2. The van der Waals surface area contributed by atoms with Crippen molar-refractivity contribution in [3.05, 3.63) is 0 Å². The Hall–Kier alpha value is -0.160. The van der Waals surface area contributed by atoms with Crippen molar-refractivity contribution in [2.24, 2.45) is 0 Å². The Kier molecular flexibility index (Phi) is 6.92. The molecule has 1 fully saturated rings. The number of rotatable bonds is 10. The first kappa shape index (κ1) is 12.9. The summed E-state index contributed by atoms with van der Waals surface area (Å²) in [5, 5.41) is 3.37. The third-order valence-corrected chi connectivity index (χ3v) is 2.67. The maximum absolute atomic E-state index is 5.34. The first-order chi connectivity index (χ1) is 7.34. The van der Waals surface area contributed by atoms with Gasteiger partial charge in [0.05, 0.1) is 19.8 Å². The van der Waals surface area contributed by atoms with E-state index >= 15 is 0 Å². The smallest absolute Gasteiger partial charge is 0.0700 e. The molecule has 4 nitrogen and oxygen atoms in total. The molecule has 4 heteroatoms. The molecule has 90 valence electrons. The number of methoxy groups -OCH3 is 1. The van der Waals surface area contributed by atoms with E-state index in [4.69, 9.17) is 9.47 Å². The van der Waals surface area contributed by atoms with Crippen molar-refractivity contribution in [2.75, 3.05) is 53.6 Å². The molecule has 1 rings (SSSR count). The fraction of sp³-hybridized carbons (Fsp3) is 1.00. The van der Waals surface area contributed by atoms with Crippen molar-refractivity contribution in [3.8, 4) is 0 Å². The van der Waals surface area contributed by atoms with Crippen molar-refractivity contribution in [1.29, 1.82) is 0 Å². The van der Waals surface area contributed by atoms with E-state index in [1.165, 1.54) is 12.8 Å². The minimum atomic E-state index is 0.685. The van der Waals surface area contributed by atoms with E-state index in [0.29, 0.717) is 13.2 Å². The monoisotopic (exact) mass is 216 g/mol. The second-order valence-corrected chi connectivity index (χ2v) is 4.07. The van der Waals surface area contributed by atoms with Crippen LogP contribution >= 0.6 is 0 Å². The van der Waals surface area contributed by atoms with Crippen LogP contribution in [0.2, 0.25) is 0 Å². The van der Waals surface area contributed by atoms with Gasteiger partial charge in [-0.2, -0.15) is 0 Å². The Morgan fingerprint density at radius 2 is 2.00 bits per heavy atom. The Balaban J connectivity index is 1.72. The number of hydrogen-bond acceptors (Lipinski definition) is 4.